The Labute approximate surface area is 115 Å². The number of anilines is 1. The average molecular weight is 267 g/mol. The summed E-state index contributed by atoms with van der Waals surface area (Å²) in [4.78, 5) is 2.48. The van der Waals surface area contributed by atoms with Gasteiger partial charge in [-0.2, -0.15) is 0 Å². The van der Waals surface area contributed by atoms with Crippen molar-refractivity contribution in [3.8, 4) is 0 Å². The Morgan fingerprint density at radius 2 is 2.11 bits per heavy atom. The van der Waals surface area contributed by atoms with Crippen LogP contribution in [0.15, 0.2) is 18.2 Å². The van der Waals surface area contributed by atoms with Crippen molar-refractivity contribution >= 4 is 17.3 Å². The van der Waals surface area contributed by atoms with Crippen LogP contribution in [0.2, 0.25) is 5.02 Å². The van der Waals surface area contributed by atoms with Crippen molar-refractivity contribution in [1.82, 2.24) is 5.32 Å². The second-order valence-electron chi connectivity index (χ2n) is 5.59. The zero-order valence-corrected chi connectivity index (χ0v) is 12.3. The number of rotatable bonds is 6. The first-order valence-corrected chi connectivity index (χ1v) is 7.19. The highest BCUT2D eigenvalue weighted by molar-refractivity contribution is 6.33. The number of hydrogen-bond acceptors (Lipinski definition) is 2. The Bertz CT molecular complexity index is 399. The van der Waals surface area contributed by atoms with Crippen LogP contribution in [-0.4, -0.2) is 19.6 Å². The Morgan fingerprint density at radius 3 is 2.61 bits per heavy atom. The molecule has 0 aliphatic heterocycles. The fourth-order valence-corrected chi connectivity index (χ4v) is 2.63. The summed E-state index contributed by atoms with van der Waals surface area (Å²) in [6.07, 6.45) is 2.61. The first-order valence-electron chi connectivity index (χ1n) is 6.81. The zero-order chi connectivity index (χ0) is 13.1. The van der Waals surface area contributed by atoms with Gasteiger partial charge in [-0.1, -0.05) is 31.5 Å². The summed E-state index contributed by atoms with van der Waals surface area (Å²) in [6.45, 7) is 6.49. The minimum absolute atomic E-state index is 0.665. The van der Waals surface area contributed by atoms with E-state index < -0.39 is 0 Å². The molecular formula is C15H23ClN2. The van der Waals surface area contributed by atoms with Crippen LogP contribution in [0, 0.1) is 5.92 Å². The molecule has 3 heteroatoms. The lowest BCUT2D eigenvalue weighted by molar-refractivity contribution is 0.607. The molecule has 100 valence electrons. The van der Waals surface area contributed by atoms with E-state index in [1.165, 1.54) is 24.1 Å². The molecule has 1 aromatic carbocycles. The average Bonchev–Trinajstić information content (AvgIpc) is 3.10. The van der Waals surface area contributed by atoms with Crippen LogP contribution in [0.25, 0.3) is 0 Å². The maximum absolute atomic E-state index is 6.45. The minimum Gasteiger partial charge on any atom is -0.367 e. The topological polar surface area (TPSA) is 15.3 Å². The number of halogens is 1. The molecule has 1 aliphatic rings. The Balaban J connectivity index is 2.19. The third-order valence-corrected chi connectivity index (χ3v) is 3.55. The van der Waals surface area contributed by atoms with E-state index in [1.54, 1.807) is 0 Å². The smallest absolute Gasteiger partial charge is 0.0642 e. The summed E-state index contributed by atoms with van der Waals surface area (Å²) < 4.78 is 0. The molecule has 0 aromatic heterocycles. The van der Waals surface area contributed by atoms with Crippen molar-refractivity contribution in [2.45, 2.75) is 39.3 Å². The molecule has 0 bridgehead atoms. The van der Waals surface area contributed by atoms with Crippen LogP contribution < -0.4 is 10.2 Å². The first kappa shape index (κ1) is 13.7. The highest BCUT2D eigenvalue weighted by Crippen LogP contribution is 2.36. The summed E-state index contributed by atoms with van der Waals surface area (Å²) in [7, 11) is 1.96. The van der Waals surface area contributed by atoms with Crippen LogP contribution >= 0.6 is 11.6 Å². The van der Waals surface area contributed by atoms with Gasteiger partial charge in [-0.3, -0.25) is 0 Å². The van der Waals surface area contributed by atoms with Gasteiger partial charge in [-0.25, -0.2) is 0 Å². The number of hydrogen-bond donors (Lipinski definition) is 1. The summed E-state index contributed by atoms with van der Waals surface area (Å²) in [5.41, 5.74) is 2.44. The highest BCUT2D eigenvalue weighted by Gasteiger charge is 2.30. The molecule has 1 fully saturated rings. The second kappa shape index (κ2) is 5.94. The number of nitrogens with zero attached hydrogens (tertiary/aromatic N) is 1. The molecule has 2 rings (SSSR count). The molecule has 0 atom stereocenters. The largest absolute Gasteiger partial charge is 0.367 e. The number of nitrogens with one attached hydrogen (secondary N) is 1. The molecule has 1 saturated carbocycles. The molecule has 1 aromatic rings. The van der Waals surface area contributed by atoms with E-state index in [2.05, 4.69) is 42.3 Å². The lowest BCUT2D eigenvalue weighted by Crippen LogP contribution is -2.30. The standard InChI is InChI=1S/C15H23ClN2/c1-11(2)10-18(13-5-6-13)15-7-4-12(9-17-3)8-14(15)16/h4,7-8,11,13,17H,5-6,9-10H2,1-3H3. The van der Waals surface area contributed by atoms with E-state index in [0.29, 0.717) is 12.0 Å². The molecule has 0 saturated heterocycles. The van der Waals surface area contributed by atoms with Crippen molar-refractivity contribution in [3.63, 3.8) is 0 Å². The van der Waals surface area contributed by atoms with E-state index in [0.717, 1.165) is 18.1 Å². The molecule has 0 amide bonds. The van der Waals surface area contributed by atoms with Crippen LogP contribution in [-0.2, 0) is 6.54 Å². The Kier molecular flexibility index (Phi) is 4.52. The third kappa shape index (κ3) is 3.39. The maximum atomic E-state index is 6.45. The molecule has 1 N–H and O–H groups in total. The molecule has 0 unspecified atom stereocenters. The predicted molar refractivity (Wildman–Crippen MR) is 79.4 cm³/mol. The molecule has 0 spiro atoms. The Hall–Kier alpha value is -0.730. The summed E-state index contributed by atoms with van der Waals surface area (Å²) >= 11 is 6.45. The van der Waals surface area contributed by atoms with Crippen molar-refractivity contribution in [3.05, 3.63) is 28.8 Å². The quantitative estimate of drug-likeness (QED) is 0.845. The third-order valence-electron chi connectivity index (χ3n) is 3.25. The van der Waals surface area contributed by atoms with E-state index in [9.17, 15) is 0 Å². The van der Waals surface area contributed by atoms with E-state index >= 15 is 0 Å². The van der Waals surface area contributed by atoms with E-state index in [1.807, 2.05) is 7.05 Å². The van der Waals surface area contributed by atoms with Gasteiger partial charge in [-0.05, 0) is 43.5 Å². The first-order chi connectivity index (χ1) is 8.61. The van der Waals surface area contributed by atoms with E-state index in [4.69, 9.17) is 11.6 Å². The van der Waals surface area contributed by atoms with Gasteiger partial charge in [0, 0.05) is 19.1 Å². The molecule has 18 heavy (non-hydrogen) atoms. The van der Waals surface area contributed by atoms with Gasteiger partial charge in [0.15, 0.2) is 0 Å². The van der Waals surface area contributed by atoms with Gasteiger partial charge in [-0.15, -0.1) is 0 Å². The molecule has 2 nitrogen and oxygen atoms in total. The van der Waals surface area contributed by atoms with Crippen LogP contribution in [0.1, 0.15) is 32.3 Å². The monoisotopic (exact) mass is 266 g/mol. The summed E-state index contributed by atoms with van der Waals surface area (Å²) in [5.74, 6) is 0.665. The van der Waals surface area contributed by atoms with Crippen molar-refractivity contribution in [2.75, 3.05) is 18.5 Å². The van der Waals surface area contributed by atoms with Crippen LogP contribution in [0.5, 0.6) is 0 Å². The van der Waals surface area contributed by atoms with E-state index in [-0.39, 0.29) is 0 Å². The SMILES string of the molecule is CNCc1ccc(N(CC(C)C)C2CC2)c(Cl)c1. The maximum Gasteiger partial charge on any atom is 0.0642 e. The van der Waals surface area contributed by atoms with Crippen molar-refractivity contribution < 1.29 is 0 Å². The number of benzene rings is 1. The van der Waals surface area contributed by atoms with Crippen LogP contribution in [0.3, 0.4) is 0 Å². The fraction of sp³-hybridized carbons (Fsp3) is 0.600. The highest BCUT2D eigenvalue weighted by atomic mass is 35.5. The van der Waals surface area contributed by atoms with Gasteiger partial charge in [0.1, 0.15) is 0 Å². The normalized spacial score (nSPS) is 15.2. The van der Waals surface area contributed by atoms with Gasteiger partial charge < -0.3 is 10.2 Å². The zero-order valence-electron chi connectivity index (χ0n) is 11.5. The van der Waals surface area contributed by atoms with Gasteiger partial charge >= 0.3 is 0 Å². The lowest BCUT2D eigenvalue weighted by Gasteiger charge is -2.28. The van der Waals surface area contributed by atoms with Gasteiger partial charge in [0.25, 0.3) is 0 Å². The molecule has 0 heterocycles. The van der Waals surface area contributed by atoms with Gasteiger partial charge in [0.05, 0.1) is 10.7 Å². The van der Waals surface area contributed by atoms with Crippen LogP contribution in [0.4, 0.5) is 5.69 Å². The lowest BCUT2D eigenvalue weighted by atomic mass is 10.1. The fourth-order valence-electron chi connectivity index (χ4n) is 2.32. The van der Waals surface area contributed by atoms with Gasteiger partial charge in [0.2, 0.25) is 0 Å². The predicted octanol–water partition coefficient (Wildman–Crippen LogP) is 3.68. The summed E-state index contributed by atoms with van der Waals surface area (Å²) in [5, 5.41) is 4.04. The molecule has 1 aliphatic carbocycles. The Morgan fingerprint density at radius 1 is 1.39 bits per heavy atom. The molecule has 0 radical (unpaired) electrons. The van der Waals surface area contributed by atoms with Crippen molar-refractivity contribution in [1.29, 1.82) is 0 Å². The van der Waals surface area contributed by atoms with Crippen molar-refractivity contribution in [2.24, 2.45) is 5.92 Å². The second-order valence-corrected chi connectivity index (χ2v) is 6.00. The molecular weight excluding hydrogens is 244 g/mol. The minimum atomic E-state index is 0.665. The summed E-state index contributed by atoms with van der Waals surface area (Å²) in [6, 6.07) is 7.15.